The number of carbonyl (C=O) groups excluding carboxylic acids is 1. The molecule has 4 N–H and O–H groups in total. The minimum Gasteiger partial charge on any atom is -0.398 e. The van der Waals surface area contributed by atoms with Gasteiger partial charge < -0.3 is 11.5 Å². The Kier molecular flexibility index (Phi) is 2.74. The van der Waals surface area contributed by atoms with E-state index in [2.05, 4.69) is 4.98 Å². The predicted octanol–water partition coefficient (Wildman–Crippen LogP) is 1.57. The molecule has 0 atom stereocenters. The van der Waals surface area contributed by atoms with Crippen LogP contribution in [0.5, 0.6) is 0 Å². The number of anilines is 1. The van der Waals surface area contributed by atoms with E-state index in [0.717, 1.165) is 0 Å². The van der Waals surface area contributed by atoms with Crippen LogP contribution in [0.25, 0.3) is 11.3 Å². The van der Waals surface area contributed by atoms with Crippen molar-refractivity contribution < 1.29 is 9.18 Å². The van der Waals surface area contributed by atoms with E-state index in [0.29, 0.717) is 11.3 Å². The van der Waals surface area contributed by atoms with Crippen molar-refractivity contribution in [3.63, 3.8) is 0 Å². The molecule has 0 aliphatic heterocycles. The van der Waals surface area contributed by atoms with Gasteiger partial charge in [-0.1, -0.05) is 0 Å². The number of nitrogen functional groups attached to an aromatic ring is 1. The molecule has 2 rings (SSSR count). The SMILES string of the molecule is NC(=O)c1c(N)ccnc1-c1ccc(F)cc1. The van der Waals surface area contributed by atoms with Gasteiger partial charge in [-0.3, -0.25) is 9.78 Å². The molecule has 17 heavy (non-hydrogen) atoms. The van der Waals surface area contributed by atoms with Crippen molar-refractivity contribution in [1.82, 2.24) is 4.98 Å². The number of hydrogen-bond acceptors (Lipinski definition) is 3. The predicted molar refractivity (Wildman–Crippen MR) is 62.6 cm³/mol. The molecule has 0 aliphatic rings. The Morgan fingerprint density at radius 3 is 2.41 bits per heavy atom. The Morgan fingerprint density at radius 1 is 1.18 bits per heavy atom. The quantitative estimate of drug-likeness (QED) is 0.822. The zero-order valence-electron chi connectivity index (χ0n) is 8.85. The van der Waals surface area contributed by atoms with Gasteiger partial charge in [-0.05, 0) is 30.3 Å². The summed E-state index contributed by atoms with van der Waals surface area (Å²) in [5, 5.41) is 0. The summed E-state index contributed by atoms with van der Waals surface area (Å²) < 4.78 is 12.8. The molecule has 0 spiro atoms. The summed E-state index contributed by atoms with van der Waals surface area (Å²) in [6, 6.07) is 7.09. The van der Waals surface area contributed by atoms with E-state index in [9.17, 15) is 9.18 Å². The zero-order valence-corrected chi connectivity index (χ0v) is 8.85. The topological polar surface area (TPSA) is 82.0 Å². The lowest BCUT2D eigenvalue weighted by Crippen LogP contribution is -2.15. The van der Waals surface area contributed by atoms with Gasteiger partial charge in [0.2, 0.25) is 0 Å². The smallest absolute Gasteiger partial charge is 0.253 e. The van der Waals surface area contributed by atoms with Gasteiger partial charge in [0, 0.05) is 17.4 Å². The van der Waals surface area contributed by atoms with Crippen LogP contribution in [0.2, 0.25) is 0 Å². The minimum absolute atomic E-state index is 0.152. The van der Waals surface area contributed by atoms with Crippen molar-refractivity contribution in [2.75, 3.05) is 5.73 Å². The molecule has 1 amide bonds. The van der Waals surface area contributed by atoms with Crippen LogP contribution in [0.4, 0.5) is 10.1 Å². The van der Waals surface area contributed by atoms with Crippen molar-refractivity contribution in [1.29, 1.82) is 0 Å². The number of halogens is 1. The van der Waals surface area contributed by atoms with E-state index in [-0.39, 0.29) is 17.1 Å². The maximum atomic E-state index is 12.8. The van der Waals surface area contributed by atoms with Crippen molar-refractivity contribution >= 4 is 11.6 Å². The Balaban J connectivity index is 2.63. The highest BCUT2D eigenvalue weighted by molar-refractivity contribution is 6.03. The lowest BCUT2D eigenvalue weighted by atomic mass is 10.0. The number of hydrogen-bond donors (Lipinski definition) is 2. The van der Waals surface area contributed by atoms with Crippen molar-refractivity contribution in [3.8, 4) is 11.3 Å². The van der Waals surface area contributed by atoms with Crippen molar-refractivity contribution in [2.45, 2.75) is 0 Å². The lowest BCUT2D eigenvalue weighted by Gasteiger charge is -2.08. The average Bonchev–Trinajstić information content (AvgIpc) is 2.29. The van der Waals surface area contributed by atoms with Gasteiger partial charge in [0.15, 0.2) is 0 Å². The number of nitrogens with zero attached hydrogens (tertiary/aromatic N) is 1. The standard InChI is InChI=1S/C12H10FN3O/c13-8-3-1-7(2-4-8)11-10(12(15)17)9(14)5-6-16-11/h1-6H,(H2,14,16)(H2,15,17). The highest BCUT2D eigenvalue weighted by Gasteiger charge is 2.14. The lowest BCUT2D eigenvalue weighted by molar-refractivity contribution is 0.100. The van der Waals surface area contributed by atoms with Gasteiger partial charge in [-0.2, -0.15) is 0 Å². The van der Waals surface area contributed by atoms with E-state index in [4.69, 9.17) is 11.5 Å². The van der Waals surface area contributed by atoms with Crippen molar-refractivity contribution in [3.05, 3.63) is 47.9 Å². The summed E-state index contributed by atoms with van der Waals surface area (Å²) >= 11 is 0. The number of primary amides is 1. The number of benzene rings is 1. The highest BCUT2D eigenvalue weighted by Crippen LogP contribution is 2.25. The number of amides is 1. The maximum absolute atomic E-state index is 12.8. The van der Waals surface area contributed by atoms with Gasteiger partial charge in [0.05, 0.1) is 11.3 Å². The van der Waals surface area contributed by atoms with Crippen LogP contribution in [-0.4, -0.2) is 10.9 Å². The fraction of sp³-hybridized carbons (Fsp3) is 0. The molecule has 0 saturated carbocycles. The third kappa shape index (κ3) is 2.08. The first-order chi connectivity index (χ1) is 8.09. The Bertz CT molecular complexity index is 566. The van der Waals surface area contributed by atoms with Crippen LogP contribution in [0.15, 0.2) is 36.5 Å². The fourth-order valence-electron chi connectivity index (χ4n) is 1.56. The van der Waals surface area contributed by atoms with Gasteiger partial charge >= 0.3 is 0 Å². The van der Waals surface area contributed by atoms with E-state index < -0.39 is 5.91 Å². The molecule has 1 aromatic carbocycles. The summed E-state index contributed by atoms with van der Waals surface area (Å²) in [7, 11) is 0. The van der Waals surface area contributed by atoms with E-state index >= 15 is 0 Å². The molecule has 5 heteroatoms. The molecule has 0 bridgehead atoms. The molecule has 1 aromatic heterocycles. The largest absolute Gasteiger partial charge is 0.398 e. The first-order valence-corrected chi connectivity index (χ1v) is 4.90. The van der Waals surface area contributed by atoms with Crippen LogP contribution in [0.3, 0.4) is 0 Å². The molecule has 2 aromatic rings. The third-order valence-electron chi connectivity index (χ3n) is 2.35. The molecule has 1 heterocycles. The monoisotopic (exact) mass is 231 g/mol. The first-order valence-electron chi connectivity index (χ1n) is 4.90. The summed E-state index contributed by atoms with van der Waals surface area (Å²) in [5.74, 6) is -1.02. The maximum Gasteiger partial charge on any atom is 0.253 e. The Morgan fingerprint density at radius 2 is 1.82 bits per heavy atom. The molecule has 0 aliphatic carbocycles. The molecule has 0 unspecified atom stereocenters. The molecular formula is C12H10FN3O. The molecule has 4 nitrogen and oxygen atoms in total. The summed E-state index contributed by atoms with van der Waals surface area (Å²) in [6.07, 6.45) is 1.47. The minimum atomic E-state index is -0.657. The van der Waals surface area contributed by atoms with Crippen LogP contribution >= 0.6 is 0 Å². The van der Waals surface area contributed by atoms with E-state index in [1.807, 2.05) is 0 Å². The van der Waals surface area contributed by atoms with E-state index in [1.54, 1.807) is 0 Å². The zero-order chi connectivity index (χ0) is 12.4. The van der Waals surface area contributed by atoms with E-state index in [1.165, 1.54) is 36.5 Å². The van der Waals surface area contributed by atoms with Gasteiger partial charge in [0.25, 0.3) is 5.91 Å². The van der Waals surface area contributed by atoms with Gasteiger partial charge in [0.1, 0.15) is 5.82 Å². The summed E-state index contributed by atoms with van der Waals surface area (Å²) in [4.78, 5) is 15.4. The number of nitrogens with two attached hydrogens (primary N) is 2. The summed E-state index contributed by atoms with van der Waals surface area (Å²) in [5.41, 5.74) is 12.3. The third-order valence-corrected chi connectivity index (χ3v) is 2.35. The van der Waals surface area contributed by atoms with Crippen LogP contribution in [-0.2, 0) is 0 Å². The average molecular weight is 231 g/mol. The fourth-order valence-corrected chi connectivity index (χ4v) is 1.56. The molecular weight excluding hydrogens is 221 g/mol. The number of rotatable bonds is 2. The number of aromatic nitrogens is 1. The van der Waals surface area contributed by atoms with Crippen molar-refractivity contribution in [2.24, 2.45) is 5.73 Å². The molecule has 0 radical (unpaired) electrons. The summed E-state index contributed by atoms with van der Waals surface area (Å²) in [6.45, 7) is 0. The van der Waals surface area contributed by atoms with Crippen LogP contribution in [0.1, 0.15) is 10.4 Å². The van der Waals surface area contributed by atoms with Gasteiger partial charge in [-0.15, -0.1) is 0 Å². The van der Waals surface area contributed by atoms with Gasteiger partial charge in [-0.25, -0.2) is 4.39 Å². The Hall–Kier alpha value is -2.43. The second-order valence-electron chi connectivity index (χ2n) is 3.49. The van der Waals surface area contributed by atoms with Crippen LogP contribution in [0, 0.1) is 5.82 Å². The van der Waals surface area contributed by atoms with Crippen LogP contribution < -0.4 is 11.5 Å². The first kappa shape index (κ1) is 11.1. The Labute approximate surface area is 97.1 Å². The molecule has 0 saturated heterocycles. The number of carbonyl (C=O) groups is 1. The highest BCUT2D eigenvalue weighted by atomic mass is 19.1. The molecule has 0 fully saturated rings. The number of pyridine rings is 1. The second-order valence-corrected chi connectivity index (χ2v) is 3.49. The molecule has 86 valence electrons. The second kappa shape index (κ2) is 4.21. The normalized spacial score (nSPS) is 10.2.